The number of likely N-dealkylation sites (tertiary alicyclic amines) is 1. The maximum absolute atomic E-state index is 4.40. The van der Waals surface area contributed by atoms with E-state index in [1.807, 2.05) is 7.05 Å². The number of para-hydroxylation sites is 1. The topological polar surface area (TPSA) is 44.6 Å². The van der Waals surface area contributed by atoms with Gasteiger partial charge in [-0.2, -0.15) is 0 Å². The molecule has 5 nitrogen and oxygen atoms in total. The van der Waals surface area contributed by atoms with Gasteiger partial charge in [-0.25, -0.2) is 0 Å². The number of guanidine groups is 1. The van der Waals surface area contributed by atoms with Gasteiger partial charge in [0.25, 0.3) is 0 Å². The van der Waals surface area contributed by atoms with Gasteiger partial charge in [-0.15, -0.1) is 0 Å². The number of aromatic nitrogens is 1. The Morgan fingerprint density at radius 1 is 1.15 bits per heavy atom. The molecule has 1 aliphatic heterocycles. The number of fused-ring (bicyclic) bond motifs is 1. The van der Waals surface area contributed by atoms with E-state index in [0.717, 1.165) is 25.5 Å². The van der Waals surface area contributed by atoms with E-state index in [-0.39, 0.29) is 0 Å². The first-order valence-corrected chi connectivity index (χ1v) is 10.0. The number of hydrogen-bond acceptors (Lipinski definition) is 2. The van der Waals surface area contributed by atoms with Gasteiger partial charge in [0.2, 0.25) is 0 Å². The van der Waals surface area contributed by atoms with Crippen LogP contribution in [0.3, 0.4) is 0 Å². The molecular weight excluding hydrogens is 322 g/mol. The van der Waals surface area contributed by atoms with Crippen LogP contribution in [0.2, 0.25) is 0 Å². The molecule has 0 amide bonds. The number of hydrogen-bond donors (Lipinski definition) is 2. The molecule has 0 radical (unpaired) electrons. The average molecular weight is 356 g/mol. The van der Waals surface area contributed by atoms with Crippen molar-refractivity contribution in [2.45, 2.75) is 45.2 Å². The fourth-order valence-corrected chi connectivity index (χ4v) is 3.80. The second kappa shape index (κ2) is 9.62. The van der Waals surface area contributed by atoms with Crippen LogP contribution in [-0.2, 0) is 6.54 Å². The lowest BCUT2D eigenvalue weighted by Crippen LogP contribution is -2.48. The van der Waals surface area contributed by atoms with E-state index < -0.39 is 0 Å². The Balaban J connectivity index is 1.38. The van der Waals surface area contributed by atoms with Gasteiger partial charge < -0.3 is 20.1 Å². The smallest absolute Gasteiger partial charge is 0.191 e. The number of aliphatic imine (C=N–C) groups is 1. The van der Waals surface area contributed by atoms with Crippen molar-refractivity contribution in [2.75, 3.05) is 33.2 Å². The van der Waals surface area contributed by atoms with Crippen molar-refractivity contribution < 1.29 is 0 Å². The van der Waals surface area contributed by atoms with E-state index >= 15 is 0 Å². The molecule has 2 aromatic rings. The van der Waals surface area contributed by atoms with Crippen LogP contribution in [0, 0.1) is 0 Å². The van der Waals surface area contributed by atoms with E-state index in [9.17, 15) is 0 Å². The lowest BCUT2D eigenvalue weighted by Gasteiger charge is -2.32. The number of rotatable bonds is 7. The van der Waals surface area contributed by atoms with Gasteiger partial charge in [-0.05, 0) is 49.7 Å². The summed E-state index contributed by atoms with van der Waals surface area (Å²) in [5.74, 6) is 0.941. The summed E-state index contributed by atoms with van der Waals surface area (Å²) in [6.07, 6.45) is 6.92. The highest BCUT2D eigenvalue weighted by Crippen LogP contribution is 2.15. The van der Waals surface area contributed by atoms with Crippen molar-refractivity contribution in [1.29, 1.82) is 0 Å². The molecule has 0 saturated carbocycles. The predicted octanol–water partition coefficient (Wildman–Crippen LogP) is 3.07. The van der Waals surface area contributed by atoms with E-state index in [1.165, 1.54) is 49.8 Å². The van der Waals surface area contributed by atoms with Crippen LogP contribution in [0.1, 0.15) is 32.6 Å². The highest BCUT2D eigenvalue weighted by atomic mass is 15.2. The Kier molecular flexibility index (Phi) is 6.95. The summed E-state index contributed by atoms with van der Waals surface area (Å²) in [6.45, 7) is 7.83. The highest BCUT2D eigenvalue weighted by Gasteiger charge is 2.19. The van der Waals surface area contributed by atoms with Crippen LogP contribution in [0.25, 0.3) is 10.9 Å². The minimum Gasteiger partial charge on any atom is -0.356 e. The molecule has 2 heterocycles. The van der Waals surface area contributed by atoms with Gasteiger partial charge in [0.15, 0.2) is 5.96 Å². The quantitative estimate of drug-likeness (QED) is 0.456. The lowest BCUT2D eigenvalue weighted by molar-refractivity contribution is 0.206. The molecule has 26 heavy (non-hydrogen) atoms. The van der Waals surface area contributed by atoms with Gasteiger partial charge in [-0.1, -0.05) is 25.1 Å². The molecular formula is C21H33N5. The SMILES string of the molecule is CCCN1CCC(NC(=NC)NCCCn2ccc3ccccc32)CC1. The second-order valence-electron chi connectivity index (χ2n) is 7.18. The van der Waals surface area contributed by atoms with Gasteiger partial charge >= 0.3 is 0 Å². The first kappa shape index (κ1) is 18.8. The summed E-state index contributed by atoms with van der Waals surface area (Å²) >= 11 is 0. The van der Waals surface area contributed by atoms with Gasteiger partial charge in [0.05, 0.1) is 0 Å². The Hall–Kier alpha value is -2.01. The number of aryl methyl sites for hydroxylation is 1. The maximum atomic E-state index is 4.40. The predicted molar refractivity (Wildman–Crippen MR) is 111 cm³/mol. The standard InChI is InChI=1S/C21H33N5/c1-3-13-25-15-10-19(11-16-25)24-21(22-2)23-12-6-14-26-17-9-18-7-4-5-8-20(18)26/h4-5,7-9,17,19H,3,6,10-16H2,1-2H3,(H2,22,23,24). The Labute approximate surface area is 157 Å². The van der Waals surface area contributed by atoms with E-state index in [2.05, 4.69) is 68.5 Å². The Morgan fingerprint density at radius 2 is 1.96 bits per heavy atom. The first-order chi connectivity index (χ1) is 12.8. The van der Waals surface area contributed by atoms with Crippen molar-refractivity contribution in [3.63, 3.8) is 0 Å². The van der Waals surface area contributed by atoms with Crippen LogP contribution in [0.15, 0.2) is 41.5 Å². The molecule has 0 atom stereocenters. The monoisotopic (exact) mass is 355 g/mol. The van der Waals surface area contributed by atoms with Crippen LogP contribution in [-0.4, -0.2) is 54.7 Å². The highest BCUT2D eigenvalue weighted by molar-refractivity contribution is 5.80. The van der Waals surface area contributed by atoms with E-state index in [4.69, 9.17) is 0 Å². The number of benzene rings is 1. The molecule has 3 rings (SSSR count). The summed E-state index contributed by atoms with van der Waals surface area (Å²) in [4.78, 5) is 6.96. The summed E-state index contributed by atoms with van der Waals surface area (Å²) in [7, 11) is 1.86. The average Bonchev–Trinajstić information content (AvgIpc) is 3.09. The molecule has 0 spiro atoms. The summed E-state index contributed by atoms with van der Waals surface area (Å²) in [5.41, 5.74) is 1.31. The molecule has 142 valence electrons. The fourth-order valence-electron chi connectivity index (χ4n) is 3.80. The zero-order valence-corrected chi connectivity index (χ0v) is 16.2. The van der Waals surface area contributed by atoms with Gasteiger partial charge in [0.1, 0.15) is 0 Å². The van der Waals surface area contributed by atoms with E-state index in [0.29, 0.717) is 6.04 Å². The van der Waals surface area contributed by atoms with Crippen molar-refractivity contribution >= 4 is 16.9 Å². The molecule has 0 bridgehead atoms. The summed E-state index contributed by atoms with van der Waals surface area (Å²) < 4.78 is 2.33. The lowest BCUT2D eigenvalue weighted by atomic mass is 10.1. The van der Waals surface area contributed by atoms with E-state index in [1.54, 1.807) is 0 Å². The molecule has 1 aromatic carbocycles. The minimum atomic E-state index is 0.544. The molecule has 2 N–H and O–H groups in total. The van der Waals surface area contributed by atoms with Crippen molar-refractivity contribution in [2.24, 2.45) is 4.99 Å². The normalized spacial score (nSPS) is 16.9. The maximum Gasteiger partial charge on any atom is 0.191 e. The fraction of sp³-hybridized carbons (Fsp3) is 0.571. The number of nitrogens with zero attached hydrogens (tertiary/aromatic N) is 3. The summed E-state index contributed by atoms with van der Waals surface area (Å²) in [6, 6.07) is 11.3. The summed E-state index contributed by atoms with van der Waals surface area (Å²) in [5, 5.41) is 8.38. The molecule has 0 unspecified atom stereocenters. The second-order valence-corrected chi connectivity index (χ2v) is 7.18. The molecule has 1 aromatic heterocycles. The minimum absolute atomic E-state index is 0.544. The number of nitrogens with one attached hydrogen (secondary N) is 2. The molecule has 1 saturated heterocycles. The first-order valence-electron chi connectivity index (χ1n) is 10.0. The number of piperidine rings is 1. The van der Waals surface area contributed by atoms with Crippen molar-refractivity contribution in [3.05, 3.63) is 36.5 Å². The molecule has 1 aliphatic rings. The Morgan fingerprint density at radius 3 is 2.73 bits per heavy atom. The third-order valence-corrected chi connectivity index (χ3v) is 5.24. The van der Waals surface area contributed by atoms with Crippen LogP contribution >= 0.6 is 0 Å². The molecule has 5 heteroatoms. The zero-order chi connectivity index (χ0) is 18.2. The van der Waals surface area contributed by atoms with Gasteiger partial charge in [-0.3, -0.25) is 4.99 Å². The largest absolute Gasteiger partial charge is 0.356 e. The zero-order valence-electron chi connectivity index (χ0n) is 16.2. The Bertz CT molecular complexity index is 697. The third kappa shape index (κ3) is 5.01. The van der Waals surface area contributed by atoms with Crippen LogP contribution < -0.4 is 10.6 Å². The van der Waals surface area contributed by atoms with Crippen LogP contribution in [0.5, 0.6) is 0 Å². The third-order valence-electron chi connectivity index (χ3n) is 5.24. The van der Waals surface area contributed by atoms with Gasteiger partial charge in [0, 0.05) is 51.0 Å². The molecule has 0 aliphatic carbocycles. The molecule has 1 fully saturated rings. The van der Waals surface area contributed by atoms with Crippen molar-refractivity contribution in [3.8, 4) is 0 Å². The van der Waals surface area contributed by atoms with Crippen molar-refractivity contribution in [1.82, 2.24) is 20.1 Å². The van der Waals surface area contributed by atoms with Crippen LogP contribution in [0.4, 0.5) is 0 Å².